The summed E-state index contributed by atoms with van der Waals surface area (Å²) in [5.41, 5.74) is -0.162. The first kappa shape index (κ1) is 7.64. The number of halogens is 2. The smallest absolute Gasteiger partial charge is 0.389 e. The summed E-state index contributed by atoms with van der Waals surface area (Å²) in [5, 5.41) is 5.62. The Balaban J connectivity index is 2.57. The van der Waals surface area contributed by atoms with Crippen LogP contribution >= 0.6 is 0 Å². The Morgan fingerprint density at radius 2 is 2.45 bits per heavy atom. The highest BCUT2D eigenvalue weighted by Gasteiger charge is 2.14. The molecule has 1 aromatic heterocycles. The van der Waals surface area contributed by atoms with Crippen LogP contribution in [0, 0.1) is 0 Å². The lowest BCUT2D eigenvalue weighted by Gasteiger charge is -1.97. The minimum Gasteiger partial charge on any atom is -0.398 e. The lowest BCUT2D eigenvalue weighted by atomic mass is 10.4. The third-order valence-corrected chi connectivity index (χ3v) is 0.906. The fourth-order valence-electron chi connectivity index (χ4n) is 0.515. The lowest BCUT2D eigenvalue weighted by Crippen LogP contribution is -2.09. The highest BCUT2D eigenvalue weighted by Crippen LogP contribution is 2.01. The monoisotopic (exact) mass is 162 g/mol. The molecule has 0 saturated heterocycles. The molecule has 1 rings (SSSR count). The van der Waals surface area contributed by atoms with E-state index in [4.69, 9.17) is 0 Å². The van der Waals surface area contributed by atoms with Crippen LogP contribution in [0.1, 0.15) is 10.5 Å². The van der Waals surface area contributed by atoms with Crippen LogP contribution in [0.5, 0.6) is 0 Å². The van der Waals surface area contributed by atoms with Gasteiger partial charge in [-0.15, -0.1) is 0 Å². The fourth-order valence-corrected chi connectivity index (χ4v) is 0.515. The summed E-state index contributed by atoms with van der Waals surface area (Å²) in [6, 6.07) is 1.24. The van der Waals surface area contributed by atoms with E-state index >= 15 is 0 Å². The first-order valence-electron chi connectivity index (χ1n) is 2.69. The predicted molar refractivity (Wildman–Crippen MR) is 30.0 cm³/mol. The Kier molecular flexibility index (Phi) is 2.15. The van der Waals surface area contributed by atoms with Crippen LogP contribution in [0.25, 0.3) is 0 Å². The van der Waals surface area contributed by atoms with E-state index < -0.39 is 12.6 Å². The molecule has 1 aromatic rings. The van der Waals surface area contributed by atoms with Crippen molar-refractivity contribution in [3.05, 3.63) is 18.0 Å². The quantitative estimate of drug-likeness (QED) is 0.654. The molecule has 0 atom stereocenters. The van der Waals surface area contributed by atoms with Crippen LogP contribution in [0.15, 0.2) is 12.3 Å². The fraction of sp³-hybridized carbons (Fsp3) is 0.200. The van der Waals surface area contributed by atoms with Gasteiger partial charge in [0.2, 0.25) is 0 Å². The molecule has 6 heteroatoms. The minimum atomic E-state index is -3.10. The standard InChI is InChI=1S/C5H4F2N2O2/c6-5(7)11-4(10)3-1-2-8-9-3/h1-2,5H,(H,8,9). The van der Waals surface area contributed by atoms with E-state index in [0.29, 0.717) is 0 Å². The normalized spacial score (nSPS) is 10.1. The molecule has 60 valence electrons. The maximum Gasteiger partial charge on any atom is 0.389 e. The minimum absolute atomic E-state index is 0.162. The summed E-state index contributed by atoms with van der Waals surface area (Å²) in [4.78, 5) is 10.5. The van der Waals surface area contributed by atoms with Gasteiger partial charge in [-0.1, -0.05) is 0 Å². The molecule has 0 saturated carbocycles. The highest BCUT2D eigenvalue weighted by atomic mass is 19.3. The number of ether oxygens (including phenoxy) is 1. The number of rotatable bonds is 2. The third-order valence-electron chi connectivity index (χ3n) is 0.906. The van der Waals surface area contributed by atoms with Gasteiger partial charge < -0.3 is 4.74 Å². The second-order valence-electron chi connectivity index (χ2n) is 1.63. The van der Waals surface area contributed by atoms with E-state index in [0.717, 1.165) is 0 Å². The number of aromatic nitrogens is 2. The lowest BCUT2D eigenvalue weighted by molar-refractivity contribution is -0.0909. The Labute approximate surface area is 60.2 Å². The second kappa shape index (κ2) is 3.09. The Bertz CT molecular complexity index is 235. The molecule has 0 radical (unpaired) electrons. The van der Waals surface area contributed by atoms with Crippen LogP contribution < -0.4 is 0 Å². The summed E-state index contributed by atoms with van der Waals surface area (Å²) in [6.07, 6.45) is 1.34. The Hall–Kier alpha value is -1.46. The van der Waals surface area contributed by atoms with Crippen molar-refractivity contribution in [1.82, 2.24) is 10.2 Å². The first-order chi connectivity index (χ1) is 5.20. The van der Waals surface area contributed by atoms with Gasteiger partial charge in [-0.2, -0.15) is 13.9 Å². The van der Waals surface area contributed by atoms with Crippen LogP contribution in [-0.2, 0) is 4.74 Å². The van der Waals surface area contributed by atoms with Gasteiger partial charge in [-0.3, -0.25) is 5.10 Å². The molecule has 1 heterocycles. The molecular formula is C5H4F2N2O2. The summed E-state index contributed by atoms with van der Waals surface area (Å²) < 4.78 is 26.3. The number of alkyl halides is 2. The molecule has 0 aliphatic carbocycles. The molecule has 0 aromatic carbocycles. The molecule has 4 nitrogen and oxygen atoms in total. The van der Waals surface area contributed by atoms with Crippen molar-refractivity contribution in [1.29, 1.82) is 0 Å². The van der Waals surface area contributed by atoms with Crippen molar-refractivity contribution < 1.29 is 18.3 Å². The molecule has 0 aliphatic heterocycles. The zero-order valence-corrected chi connectivity index (χ0v) is 5.25. The van der Waals surface area contributed by atoms with Crippen molar-refractivity contribution in [2.45, 2.75) is 6.61 Å². The zero-order valence-electron chi connectivity index (χ0n) is 5.25. The van der Waals surface area contributed by atoms with E-state index in [-0.39, 0.29) is 5.69 Å². The van der Waals surface area contributed by atoms with E-state index in [1.54, 1.807) is 0 Å². The molecule has 1 N–H and O–H groups in total. The zero-order chi connectivity index (χ0) is 8.27. The van der Waals surface area contributed by atoms with Gasteiger partial charge in [0.15, 0.2) is 5.69 Å². The van der Waals surface area contributed by atoms with Gasteiger partial charge in [0.1, 0.15) is 0 Å². The maximum atomic E-state index is 11.4. The van der Waals surface area contributed by atoms with Gasteiger partial charge in [0.05, 0.1) is 0 Å². The third kappa shape index (κ3) is 1.99. The molecule has 0 aliphatic rings. The van der Waals surface area contributed by atoms with E-state index in [9.17, 15) is 13.6 Å². The van der Waals surface area contributed by atoms with Crippen molar-refractivity contribution in [2.75, 3.05) is 0 Å². The van der Waals surface area contributed by atoms with Crippen molar-refractivity contribution in [2.24, 2.45) is 0 Å². The average Bonchev–Trinajstić information content (AvgIpc) is 2.35. The van der Waals surface area contributed by atoms with Gasteiger partial charge in [0.25, 0.3) is 0 Å². The molecule has 0 fully saturated rings. The number of aromatic amines is 1. The number of hydrogen-bond donors (Lipinski definition) is 1. The van der Waals surface area contributed by atoms with Crippen LogP contribution in [0.4, 0.5) is 8.78 Å². The first-order valence-corrected chi connectivity index (χ1v) is 2.69. The largest absolute Gasteiger partial charge is 0.398 e. The highest BCUT2D eigenvalue weighted by molar-refractivity contribution is 5.86. The van der Waals surface area contributed by atoms with E-state index in [2.05, 4.69) is 14.9 Å². The second-order valence-corrected chi connectivity index (χ2v) is 1.63. The summed E-state index contributed by atoms with van der Waals surface area (Å²) in [6.45, 7) is -3.10. The summed E-state index contributed by atoms with van der Waals surface area (Å²) in [5.74, 6) is -1.14. The van der Waals surface area contributed by atoms with Crippen molar-refractivity contribution in [3.63, 3.8) is 0 Å². The molecule has 0 spiro atoms. The molecule has 0 unspecified atom stereocenters. The summed E-state index contributed by atoms with van der Waals surface area (Å²) in [7, 11) is 0. The number of carbonyl (C=O) groups excluding carboxylic acids is 1. The van der Waals surface area contributed by atoms with Crippen LogP contribution in [0.2, 0.25) is 0 Å². The van der Waals surface area contributed by atoms with Crippen LogP contribution in [-0.4, -0.2) is 22.8 Å². The van der Waals surface area contributed by atoms with Gasteiger partial charge in [-0.05, 0) is 6.07 Å². The predicted octanol–water partition coefficient (Wildman–Crippen LogP) is 0.789. The number of nitrogens with zero attached hydrogens (tertiary/aromatic N) is 1. The number of esters is 1. The molecule has 11 heavy (non-hydrogen) atoms. The topological polar surface area (TPSA) is 55.0 Å². The number of hydrogen-bond acceptors (Lipinski definition) is 3. The van der Waals surface area contributed by atoms with Crippen LogP contribution in [0.3, 0.4) is 0 Å². The Morgan fingerprint density at radius 1 is 1.73 bits per heavy atom. The number of nitrogens with one attached hydrogen (secondary N) is 1. The van der Waals surface area contributed by atoms with Gasteiger partial charge in [0, 0.05) is 6.20 Å². The SMILES string of the molecule is O=C(OC(F)F)c1cc[nH]n1. The van der Waals surface area contributed by atoms with E-state index in [1.165, 1.54) is 12.3 Å². The van der Waals surface area contributed by atoms with Gasteiger partial charge >= 0.3 is 12.6 Å². The molecular weight excluding hydrogens is 158 g/mol. The molecule has 0 amide bonds. The molecule has 0 bridgehead atoms. The average molecular weight is 162 g/mol. The maximum absolute atomic E-state index is 11.4. The Morgan fingerprint density at radius 3 is 2.91 bits per heavy atom. The summed E-state index contributed by atoms with van der Waals surface area (Å²) >= 11 is 0. The van der Waals surface area contributed by atoms with Crippen molar-refractivity contribution >= 4 is 5.97 Å². The van der Waals surface area contributed by atoms with E-state index in [1.807, 2.05) is 0 Å². The number of H-pyrrole nitrogens is 1. The number of carbonyl (C=O) groups is 1. The van der Waals surface area contributed by atoms with Gasteiger partial charge in [-0.25, -0.2) is 4.79 Å². The van der Waals surface area contributed by atoms with Crippen molar-refractivity contribution in [3.8, 4) is 0 Å².